The number of ether oxygens (including phenoxy) is 2. The zero-order chi connectivity index (χ0) is 14.7. The summed E-state index contributed by atoms with van der Waals surface area (Å²) in [5.74, 6) is 1.33. The number of nitrogens with zero attached hydrogens (tertiary/aromatic N) is 3. The molecule has 0 fully saturated rings. The average molecular weight is 277 g/mol. The number of imidazole rings is 1. The maximum atomic E-state index is 11.6. The SMILES string of the molecule is CCCOc1ccc2nc(N(C)C(=O)OC)n(C)c2c1. The normalized spacial score (nSPS) is 10.6. The van der Waals surface area contributed by atoms with E-state index in [9.17, 15) is 4.79 Å². The second-order valence-electron chi connectivity index (χ2n) is 4.50. The van der Waals surface area contributed by atoms with Gasteiger partial charge in [0.05, 0.1) is 24.8 Å². The largest absolute Gasteiger partial charge is 0.494 e. The molecule has 0 radical (unpaired) electrons. The summed E-state index contributed by atoms with van der Waals surface area (Å²) >= 11 is 0. The molecule has 6 nitrogen and oxygen atoms in total. The molecule has 0 aliphatic carbocycles. The van der Waals surface area contributed by atoms with Crippen molar-refractivity contribution in [3.8, 4) is 5.75 Å². The molecule has 0 saturated carbocycles. The van der Waals surface area contributed by atoms with Gasteiger partial charge in [0, 0.05) is 20.2 Å². The molecule has 0 aliphatic rings. The molecule has 0 saturated heterocycles. The molecule has 1 heterocycles. The number of benzene rings is 1. The molecule has 1 amide bonds. The number of rotatable bonds is 4. The Labute approximate surface area is 117 Å². The zero-order valence-electron chi connectivity index (χ0n) is 12.2. The summed E-state index contributed by atoms with van der Waals surface area (Å²) in [4.78, 5) is 17.4. The Morgan fingerprint density at radius 2 is 2.20 bits per heavy atom. The van der Waals surface area contributed by atoms with Crippen molar-refractivity contribution < 1.29 is 14.3 Å². The summed E-state index contributed by atoms with van der Waals surface area (Å²) in [6.45, 7) is 2.74. The zero-order valence-corrected chi connectivity index (χ0v) is 12.2. The van der Waals surface area contributed by atoms with Crippen molar-refractivity contribution in [2.45, 2.75) is 13.3 Å². The standard InChI is InChI=1S/C14H19N3O3/c1-5-8-20-10-6-7-11-12(9-10)16(2)13(15-11)17(3)14(18)19-4/h6-7,9H,5,8H2,1-4H3. The second-order valence-corrected chi connectivity index (χ2v) is 4.50. The van der Waals surface area contributed by atoms with Gasteiger partial charge in [-0.1, -0.05) is 6.92 Å². The van der Waals surface area contributed by atoms with E-state index < -0.39 is 6.09 Å². The number of carbonyl (C=O) groups excluding carboxylic acids is 1. The maximum Gasteiger partial charge on any atom is 0.416 e. The van der Waals surface area contributed by atoms with Crippen LogP contribution in [0.2, 0.25) is 0 Å². The Morgan fingerprint density at radius 1 is 1.45 bits per heavy atom. The van der Waals surface area contributed by atoms with E-state index in [0.29, 0.717) is 12.6 Å². The highest BCUT2D eigenvalue weighted by molar-refractivity contribution is 5.88. The molecule has 0 aliphatic heterocycles. The fourth-order valence-corrected chi connectivity index (χ4v) is 1.99. The Morgan fingerprint density at radius 3 is 2.85 bits per heavy atom. The molecule has 0 atom stereocenters. The van der Waals surface area contributed by atoms with Gasteiger partial charge in [-0.3, -0.25) is 4.90 Å². The van der Waals surface area contributed by atoms with E-state index in [0.717, 1.165) is 23.2 Å². The van der Waals surface area contributed by atoms with Gasteiger partial charge in [0.2, 0.25) is 5.95 Å². The highest BCUT2D eigenvalue weighted by Gasteiger charge is 2.18. The van der Waals surface area contributed by atoms with Crippen LogP contribution in [0, 0.1) is 0 Å². The topological polar surface area (TPSA) is 56.6 Å². The number of amides is 1. The molecule has 0 spiro atoms. The predicted octanol–water partition coefficient (Wildman–Crippen LogP) is 2.56. The first kappa shape index (κ1) is 14.2. The van der Waals surface area contributed by atoms with Gasteiger partial charge in [-0.25, -0.2) is 9.78 Å². The molecule has 20 heavy (non-hydrogen) atoms. The minimum atomic E-state index is -0.453. The smallest absolute Gasteiger partial charge is 0.416 e. The third-order valence-electron chi connectivity index (χ3n) is 3.05. The molecular weight excluding hydrogens is 258 g/mol. The van der Waals surface area contributed by atoms with Gasteiger partial charge >= 0.3 is 6.09 Å². The molecule has 0 unspecified atom stereocenters. The highest BCUT2D eigenvalue weighted by atomic mass is 16.5. The van der Waals surface area contributed by atoms with Crippen LogP contribution in [0.1, 0.15) is 13.3 Å². The summed E-state index contributed by atoms with van der Waals surface area (Å²) < 4.78 is 12.2. The number of fused-ring (bicyclic) bond motifs is 1. The van der Waals surface area contributed by atoms with Crippen LogP contribution < -0.4 is 9.64 Å². The quantitative estimate of drug-likeness (QED) is 0.862. The third kappa shape index (κ3) is 2.54. The van der Waals surface area contributed by atoms with E-state index in [-0.39, 0.29) is 0 Å². The van der Waals surface area contributed by atoms with E-state index >= 15 is 0 Å². The van der Waals surface area contributed by atoms with Crippen LogP contribution in [0.15, 0.2) is 18.2 Å². The van der Waals surface area contributed by atoms with Crippen molar-refractivity contribution >= 4 is 23.1 Å². The van der Waals surface area contributed by atoms with Crippen LogP contribution in [-0.2, 0) is 11.8 Å². The van der Waals surface area contributed by atoms with E-state index in [4.69, 9.17) is 9.47 Å². The molecular formula is C14H19N3O3. The lowest BCUT2D eigenvalue weighted by molar-refractivity contribution is 0.179. The van der Waals surface area contributed by atoms with E-state index in [1.165, 1.54) is 12.0 Å². The van der Waals surface area contributed by atoms with Crippen LogP contribution in [0.5, 0.6) is 5.75 Å². The van der Waals surface area contributed by atoms with Crippen LogP contribution >= 0.6 is 0 Å². The Balaban J connectivity index is 2.39. The summed E-state index contributed by atoms with van der Waals surface area (Å²) in [6, 6.07) is 5.69. The Bertz CT molecular complexity index is 621. The summed E-state index contributed by atoms with van der Waals surface area (Å²) in [5, 5.41) is 0. The van der Waals surface area contributed by atoms with E-state index in [1.54, 1.807) is 7.05 Å². The van der Waals surface area contributed by atoms with Gasteiger partial charge in [-0.2, -0.15) is 0 Å². The van der Waals surface area contributed by atoms with E-state index in [2.05, 4.69) is 11.9 Å². The number of aryl methyl sites for hydroxylation is 1. The molecule has 108 valence electrons. The van der Waals surface area contributed by atoms with E-state index in [1.807, 2.05) is 29.8 Å². The monoisotopic (exact) mass is 277 g/mol. The van der Waals surface area contributed by atoms with Gasteiger partial charge in [-0.05, 0) is 18.6 Å². The molecule has 0 N–H and O–H groups in total. The van der Waals surface area contributed by atoms with Crippen LogP contribution in [0.4, 0.5) is 10.7 Å². The van der Waals surface area contributed by atoms with Gasteiger partial charge in [0.1, 0.15) is 5.75 Å². The van der Waals surface area contributed by atoms with Gasteiger partial charge in [0.15, 0.2) is 0 Å². The Hall–Kier alpha value is -2.24. The lowest BCUT2D eigenvalue weighted by Gasteiger charge is -2.14. The number of carbonyl (C=O) groups is 1. The van der Waals surface area contributed by atoms with Crippen LogP contribution in [0.25, 0.3) is 11.0 Å². The summed E-state index contributed by atoms with van der Waals surface area (Å²) in [6.07, 6.45) is 0.505. The first-order valence-corrected chi connectivity index (χ1v) is 6.49. The van der Waals surface area contributed by atoms with Crippen molar-refractivity contribution in [2.24, 2.45) is 7.05 Å². The van der Waals surface area contributed by atoms with Crippen LogP contribution in [-0.4, -0.2) is 36.4 Å². The fraction of sp³-hybridized carbons (Fsp3) is 0.429. The second kappa shape index (κ2) is 5.81. The maximum absolute atomic E-state index is 11.6. The number of aromatic nitrogens is 2. The van der Waals surface area contributed by atoms with Gasteiger partial charge in [0.25, 0.3) is 0 Å². The summed E-state index contributed by atoms with van der Waals surface area (Å²) in [7, 11) is 4.83. The van der Waals surface area contributed by atoms with Crippen molar-refractivity contribution in [2.75, 3.05) is 25.7 Å². The third-order valence-corrected chi connectivity index (χ3v) is 3.05. The lowest BCUT2D eigenvalue weighted by atomic mass is 10.3. The van der Waals surface area contributed by atoms with Crippen molar-refractivity contribution in [1.82, 2.24) is 9.55 Å². The van der Waals surface area contributed by atoms with Gasteiger partial charge in [-0.15, -0.1) is 0 Å². The highest BCUT2D eigenvalue weighted by Crippen LogP contribution is 2.25. The predicted molar refractivity (Wildman–Crippen MR) is 77.3 cm³/mol. The van der Waals surface area contributed by atoms with Crippen LogP contribution in [0.3, 0.4) is 0 Å². The molecule has 2 rings (SSSR count). The first-order chi connectivity index (χ1) is 9.58. The number of anilines is 1. The van der Waals surface area contributed by atoms with Crippen molar-refractivity contribution in [3.05, 3.63) is 18.2 Å². The number of hydrogen-bond acceptors (Lipinski definition) is 4. The van der Waals surface area contributed by atoms with Crippen molar-refractivity contribution in [3.63, 3.8) is 0 Å². The van der Waals surface area contributed by atoms with Crippen molar-refractivity contribution in [1.29, 1.82) is 0 Å². The molecule has 2 aromatic rings. The minimum absolute atomic E-state index is 0.453. The fourth-order valence-electron chi connectivity index (χ4n) is 1.99. The molecule has 6 heteroatoms. The molecule has 1 aromatic carbocycles. The summed E-state index contributed by atoms with van der Waals surface area (Å²) in [5.41, 5.74) is 1.71. The Kier molecular flexibility index (Phi) is 4.12. The first-order valence-electron chi connectivity index (χ1n) is 6.49. The number of methoxy groups -OCH3 is 1. The average Bonchev–Trinajstić information content (AvgIpc) is 2.80. The van der Waals surface area contributed by atoms with Gasteiger partial charge < -0.3 is 14.0 Å². The lowest BCUT2D eigenvalue weighted by Crippen LogP contribution is -2.28. The molecule has 1 aromatic heterocycles. The molecule has 0 bridgehead atoms. The minimum Gasteiger partial charge on any atom is -0.494 e. The number of hydrogen-bond donors (Lipinski definition) is 0.